The first kappa shape index (κ1) is 16.0. The maximum absolute atomic E-state index is 11.2. The van der Waals surface area contributed by atoms with Gasteiger partial charge in [-0.25, -0.2) is 13.6 Å². The third-order valence-corrected chi connectivity index (χ3v) is 4.03. The number of anilines is 1. The summed E-state index contributed by atoms with van der Waals surface area (Å²) in [6.07, 6.45) is 0.525. The molecular weight excluding hydrogens is 302 g/mol. The van der Waals surface area contributed by atoms with Crippen LogP contribution in [0, 0.1) is 0 Å². The van der Waals surface area contributed by atoms with Gasteiger partial charge in [0.1, 0.15) is 0 Å². The molecule has 0 heterocycles. The van der Waals surface area contributed by atoms with E-state index in [4.69, 9.17) is 10.3 Å². The summed E-state index contributed by atoms with van der Waals surface area (Å²) in [7, 11) is -3.67. The molecule has 22 heavy (non-hydrogen) atoms. The molecule has 2 aromatic carbocycles. The summed E-state index contributed by atoms with van der Waals surface area (Å²) < 4.78 is 22.3. The maximum Gasteiger partial charge on any atom is 0.238 e. The van der Waals surface area contributed by atoms with Crippen molar-refractivity contribution >= 4 is 21.4 Å². The van der Waals surface area contributed by atoms with Crippen LogP contribution < -0.4 is 10.5 Å². The van der Waals surface area contributed by atoms with Crippen molar-refractivity contribution in [1.82, 2.24) is 0 Å². The molecule has 2 aromatic rings. The Kier molecular flexibility index (Phi) is 5.13. The lowest BCUT2D eigenvalue weighted by Crippen LogP contribution is -2.12. The number of rotatable bonds is 6. The van der Waals surface area contributed by atoms with Crippen LogP contribution in [-0.2, 0) is 10.0 Å². The van der Waals surface area contributed by atoms with Crippen LogP contribution >= 0.6 is 0 Å². The van der Waals surface area contributed by atoms with Gasteiger partial charge >= 0.3 is 0 Å². The van der Waals surface area contributed by atoms with Crippen LogP contribution in [0.25, 0.3) is 0 Å². The topological polar surface area (TPSA) is 105 Å². The number of primary sulfonamides is 1. The van der Waals surface area contributed by atoms with E-state index in [1.165, 1.54) is 12.1 Å². The molecule has 0 spiro atoms. The fourth-order valence-corrected chi connectivity index (χ4v) is 2.49. The second-order valence-corrected chi connectivity index (χ2v) is 6.22. The molecule has 0 bridgehead atoms. The van der Waals surface area contributed by atoms with Gasteiger partial charge in [-0.3, -0.25) is 0 Å². The van der Waals surface area contributed by atoms with Gasteiger partial charge in [0.25, 0.3) is 0 Å². The molecule has 0 aromatic heterocycles. The van der Waals surface area contributed by atoms with Gasteiger partial charge in [0.05, 0.1) is 10.6 Å². The van der Waals surface area contributed by atoms with Crippen molar-refractivity contribution in [3.8, 4) is 0 Å². The normalized spacial score (nSPS) is 12.1. The number of nitrogens with two attached hydrogens (primary N) is 1. The molecule has 2 rings (SSSR count). The third-order valence-electron chi connectivity index (χ3n) is 3.10. The number of hydrogen-bond donors (Lipinski definition) is 3. The Balaban J connectivity index is 1.93. The summed E-state index contributed by atoms with van der Waals surface area (Å²) >= 11 is 0. The fraction of sp³-hybridized carbons (Fsp3) is 0.133. The lowest BCUT2D eigenvalue weighted by molar-refractivity contribution is 0.318. The summed E-state index contributed by atoms with van der Waals surface area (Å²) in [5.41, 5.74) is 2.20. The van der Waals surface area contributed by atoms with E-state index in [2.05, 4.69) is 10.5 Å². The van der Waals surface area contributed by atoms with Crippen molar-refractivity contribution in [2.45, 2.75) is 11.3 Å². The summed E-state index contributed by atoms with van der Waals surface area (Å²) in [5.74, 6) is 0. The number of nitrogens with one attached hydrogen (secondary N) is 1. The number of hydrogen-bond acceptors (Lipinski definition) is 5. The zero-order valence-corrected chi connectivity index (χ0v) is 12.6. The molecule has 6 nitrogen and oxygen atoms in total. The molecule has 7 heteroatoms. The second-order valence-electron chi connectivity index (χ2n) is 4.66. The molecule has 0 saturated carbocycles. The highest BCUT2D eigenvalue weighted by atomic mass is 32.2. The Labute approximate surface area is 129 Å². The minimum absolute atomic E-state index is 0.0694. The van der Waals surface area contributed by atoms with E-state index in [1.807, 2.05) is 30.3 Å². The minimum Gasteiger partial charge on any atom is -0.411 e. The quantitative estimate of drug-likeness (QED) is 0.430. The Bertz CT molecular complexity index is 741. The van der Waals surface area contributed by atoms with Crippen LogP contribution in [-0.4, -0.2) is 25.9 Å². The highest BCUT2D eigenvalue weighted by Gasteiger charge is 2.07. The van der Waals surface area contributed by atoms with E-state index in [0.717, 1.165) is 11.3 Å². The molecule has 0 saturated heterocycles. The average Bonchev–Trinajstić information content (AvgIpc) is 2.52. The Morgan fingerprint density at radius 3 is 2.27 bits per heavy atom. The van der Waals surface area contributed by atoms with Crippen molar-refractivity contribution in [3.63, 3.8) is 0 Å². The molecule has 0 atom stereocenters. The molecule has 4 N–H and O–H groups in total. The lowest BCUT2D eigenvalue weighted by Gasteiger charge is -2.08. The van der Waals surface area contributed by atoms with Gasteiger partial charge in [-0.05, 0) is 29.8 Å². The first-order valence-electron chi connectivity index (χ1n) is 6.64. The Morgan fingerprint density at radius 2 is 1.73 bits per heavy atom. The van der Waals surface area contributed by atoms with E-state index >= 15 is 0 Å². The van der Waals surface area contributed by atoms with Crippen LogP contribution in [0.15, 0.2) is 64.6 Å². The van der Waals surface area contributed by atoms with E-state index < -0.39 is 10.0 Å². The minimum atomic E-state index is -3.67. The predicted octanol–water partition coefficient (Wildman–Crippen LogP) is 2.01. The Hall–Kier alpha value is -2.38. The molecule has 0 unspecified atom stereocenters. The molecule has 0 aliphatic rings. The number of nitrogens with zero attached hydrogens (tertiary/aromatic N) is 1. The van der Waals surface area contributed by atoms with Crippen LogP contribution in [0.2, 0.25) is 0 Å². The number of oxime groups is 1. The van der Waals surface area contributed by atoms with Crippen LogP contribution in [0.3, 0.4) is 0 Å². The van der Waals surface area contributed by atoms with Crippen molar-refractivity contribution in [1.29, 1.82) is 0 Å². The smallest absolute Gasteiger partial charge is 0.238 e. The van der Waals surface area contributed by atoms with Gasteiger partial charge in [0, 0.05) is 18.7 Å². The van der Waals surface area contributed by atoms with E-state index in [9.17, 15) is 8.42 Å². The molecular formula is C15H17N3O3S. The van der Waals surface area contributed by atoms with Crippen molar-refractivity contribution in [3.05, 3.63) is 60.2 Å². The summed E-state index contributed by atoms with van der Waals surface area (Å²) in [6.45, 7) is 0.545. The summed E-state index contributed by atoms with van der Waals surface area (Å²) in [5, 5.41) is 20.6. The monoisotopic (exact) mass is 319 g/mol. The molecule has 116 valence electrons. The highest BCUT2D eigenvalue weighted by Crippen LogP contribution is 2.13. The van der Waals surface area contributed by atoms with Gasteiger partial charge in [-0.2, -0.15) is 0 Å². The average molecular weight is 319 g/mol. The maximum atomic E-state index is 11.2. The molecule has 0 aliphatic carbocycles. The lowest BCUT2D eigenvalue weighted by atomic mass is 10.1. The van der Waals surface area contributed by atoms with E-state index in [0.29, 0.717) is 18.7 Å². The second kappa shape index (κ2) is 7.06. The van der Waals surface area contributed by atoms with Gasteiger partial charge in [-0.15, -0.1) is 0 Å². The molecule has 0 fully saturated rings. The molecule has 0 radical (unpaired) electrons. The largest absolute Gasteiger partial charge is 0.411 e. The van der Waals surface area contributed by atoms with Crippen LogP contribution in [0.5, 0.6) is 0 Å². The number of benzene rings is 2. The van der Waals surface area contributed by atoms with Crippen molar-refractivity contribution in [2.24, 2.45) is 10.3 Å². The molecule has 0 aliphatic heterocycles. The van der Waals surface area contributed by atoms with Crippen LogP contribution in [0.4, 0.5) is 5.69 Å². The fourth-order valence-electron chi connectivity index (χ4n) is 1.97. The van der Waals surface area contributed by atoms with Gasteiger partial charge in [-0.1, -0.05) is 35.5 Å². The van der Waals surface area contributed by atoms with E-state index in [-0.39, 0.29) is 4.90 Å². The van der Waals surface area contributed by atoms with E-state index in [1.54, 1.807) is 12.1 Å². The van der Waals surface area contributed by atoms with Crippen LogP contribution in [0.1, 0.15) is 12.0 Å². The Morgan fingerprint density at radius 1 is 1.09 bits per heavy atom. The van der Waals surface area contributed by atoms with Gasteiger partial charge in [0.2, 0.25) is 10.0 Å². The zero-order chi connectivity index (χ0) is 16.0. The molecule has 0 amide bonds. The van der Waals surface area contributed by atoms with Crippen molar-refractivity contribution < 1.29 is 13.6 Å². The summed E-state index contributed by atoms with van der Waals surface area (Å²) in [6, 6.07) is 15.5. The first-order chi connectivity index (χ1) is 10.5. The SMILES string of the molecule is NS(=O)(=O)c1ccc(NCC/C(=N\O)c2ccccc2)cc1. The summed E-state index contributed by atoms with van der Waals surface area (Å²) in [4.78, 5) is 0.0694. The number of sulfonamides is 1. The standard InChI is InChI=1S/C15H17N3O3S/c16-22(20,21)14-8-6-13(7-9-14)17-11-10-15(18-19)12-4-2-1-3-5-12/h1-9,17,19H,10-11H2,(H2,16,20,21)/b18-15+. The van der Waals surface area contributed by atoms with Crippen molar-refractivity contribution in [2.75, 3.05) is 11.9 Å². The predicted molar refractivity (Wildman–Crippen MR) is 85.7 cm³/mol. The third kappa shape index (κ3) is 4.31. The zero-order valence-electron chi connectivity index (χ0n) is 11.8. The van der Waals surface area contributed by atoms with Gasteiger partial charge in [0.15, 0.2) is 0 Å². The first-order valence-corrected chi connectivity index (χ1v) is 8.18. The van der Waals surface area contributed by atoms with Gasteiger partial charge < -0.3 is 10.5 Å². The highest BCUT2D eigenvalue weighted by molar-refractivity contribution is 7.89.